The van der Waals surface area contributed by atoms with Crippen LogP contribution in [-0.4, -0.2) is 72.7 Å². The average molecular weight is 389 g/mol. The molecule has 1 fully saturated rings. The Balaban J connectivity index is 3.17. The van der Waals surface area contributed by atoms with Gasteiger partial charge < -0.3 is 29.4 Å². The Bertz CT molecular complexity index is 669. The lowest BCUT2D eigenvalue weighted by Gasteiger charge is -2.43. The lowest BCUT2D eigenvalue weighted by molar-refractivity contribution is -0.264. The molecule has 0 bridgehead atoms. The summed E-state index contributed by atoms with van der Waals surface area (Å²) < 4.78 is 27.6. The Morgan fingerprint density at radius 1 is 1.19 bits per heavy atom. The summed E-state index contributed by atoms with van der Waals surface area (Å²) in [5.74, 6) is -3.43. The molecule has 1 aliphatic heterocycles. The van der Waals surface area contributed by atoms with Gasteiger partial charge in [-0.05, 0) is 5.53 Å². The fourth-order valence-corrected chi connectivity index (χ4v) is 2.35. The van der Waals surface area contributed by atoms with E-state index in [0.29, 0.717) is 0 Å². The zero-order valence-corrected chi connectivity index (χ0v) is 14.7. The third-order valence-corrected chi connectivity index (χ3v) is 3.26. The third-order valence-electron chi connectivity index (χ3n) is 3.26. The minimum absolute atomic E-state index is 0.442. The number of rotatable bonds is 7. The fourth-order valence-electron chi connectivity index (χ4n) is 2.35. The van der Waals surface area contributed by atoms with Crippen molar-refractivity contribution in [1.29, 1.82) is 0 Å². The van der Waals surface area contributed by atoms with Crippen LogP contribution in [-0.2, 0) is 38.1 Å². The van der Waals surface area contributed by atoms with E-state index < -0.39 is 67.6 Å². The van der Waals surface area contributed by atoms with Crippen LogP contribution in [0, 0.1) is 0 Å². The molecule has 1 rings (SSSR count). The molecule has 0 radical (unpaired) electrons. The largest absolute Gasteiger partial charge is 0.463 e. The Morgan fingerprint density at radius 3 is 2.30 bits per heavy atom. The molecule has 13 nitrogen and oxygen atoms in total. The molecule has 1 saturated heterocycles. The van der Waals surface area contributed by atoms with Crippen molar-refractivity contribution in [3.63, 3.8) is 0 Å². The molecule has 0 spiro atoms. The lowest BCUT2D eigenvalue weighted by atomic mass is 9.96. The normalized spacial score (nSPS) is 28.6. The number of nitrogens with zero attached hydrogens (tertiary/aromatic N) is 3. The number of amides is 1. The maximum Gasteiger partial charge on any atom is 0.303 e. The van der Waals surface area contributed by atoms with Crippen molar-refractivity contribution in [3.05, 3.63) is 10.4 Å². The molecule has 13 heteroatoms. The zero-order chi connectivity index (χ0) is 21.4. The highest BCUT2D eigenvalue weighted by Gasteiger charge is 2.50. The van der Waals surface area contributed by atoms with Gasteiger partial charge in [-0.3, -0.25) is 19.2 Å². The Morgan fingerprint density at radius 2 is 1.78 bits per heavy atom. The van der Waals surface area contributed by atoms with Crippen molar-refractivity contribution in [3.8, 4) is 0 Å². The van der Waals surface area contributed by atoms with Crippen LogP contribution in [0.25, 0.3) is 10.4 Å². The molecular weight excluding hydrogens is 368 g/mol. The molecule has 0 saturated carbocycles. The number of hydrogen-bond donors (Lipinski definition) is 2. The zero-order valence-electron chi connectivity index (χ0n) is 15.7. The van der Waals surface area contributed by atoms with E-state index in [9.17, 15) is 24.3 Å². The first-order valence-corrected chi connectivity index (χ1v) is 7.65. The second-order valence-corrected chi connectivity index (χ2v) is 5.38. The summed E-state index contributed by atoms with van der Waals surface area (Å²) >= 11 is 0. The van der Waals surface area contributed by atoms with E-state index >= 15 is 0 Å². The first-order chi connectivity index (χ1) is 13.1. The van der Waals surface area contributed by atoms with Crippen molar-refractivity contribution in [2.24, 2.45) is 5.11 Å². The van der Waals surface area contributed by atoms with Gasteiger partial charge in [-0.1, -0.05) is 5.11 Å². The molecule has 1 heterocycles. The van der Waals surface area contributed by atoms with E-state index in [1.165, 1.54) is 0 Å². The van der Waals surface area contributed by atoms with Gasteiger partial charge in [-0.25, -0.2) is 0 Å². The highest BCUT2D eigenvalue weighted by molar-refractivity contribution is 5.78. The summed E-state index contributed by atoms with van der Waals surface area (Å²) in [7, 11) is 0. The van der Waals surface area contributed by atoms with Crippen LogP contribution < -0.4 is 5.32 Å². The maximum atomic E-state index is 12.0. The predicted molar refractivity (Wildman–Crippen MR) is 84.6 cm³/mol. The van der Waals surface area contributed by atoms with Crippen molar-refractivity contribution >= 4 is 23.8 Å². The van der Waals surface area contributed by atoms with E-state index in [1.807, 2.05) is 0 Å². The van der Waals surface area contributed by atoms with Crippen LogP contribution in [0.5, 0.6) is 0 Å². The molecule has 0 aromatic heterocycles. The third kappa shape index (κ3) is 7.09. The summed E-state index contributed by atoms with van der Waals surface area (Å²) in [4.78, 5) is 48.3. The van der Waals surface area contributed by atoms with Gasteiger partial charge >= 0.3 is 17.9 Å². The second kappa shape index (κ2) is 10.3. The van der Waals surface area contributed by atoms with E-state index in [2.05, 4.69) is 15.3 Å². The molecule has 150 valence electrons. The fraction of sp³-hybridized carbons (Fsp3) is 0.714. The molecule has 2 N–H and O–H groups in total. The number of aliphatic hydroxyl groups excluding tert-OH is 1. The van der Waals surface area contributed by atoms with Crippen LogP contribution in [0.4, 0.5) is 0 Å². The van der Waals surface area contributed by atoms with Crippen molar-refractivity contribution < 1.29 is 44.6 Å². The van der Waals surface area contributed by atoms with Gasteiger partial charge in [0.15, 0.2) is 18.5 Å². The summed E-state index contributed by atoms with van der Waals surface area (Å²) in [6.45, 7) is 0.897. The van der Waals surface area contributed by atoms with Gasteiger partial charge in [0.05, 0.1) is 0 Å². The van der Waals surface area contributed by atoms with Gasteiger partial charge in [0.2, 0.25) is 5.91 Å². The van der Waals surface area contributed by atoms with Crippen LogP contribution in [0.3, 0.4) is 0 Å². The number of azide groups is 1. The van der Waals surface area contributed by atoms with Gasteiger partial charge in [0.1, 0.15) is 25.3 Å². The predicted octanol–water partition coefficient (Wildman–Crippen LogP) is -1.07. The molecule has 1 aliphatic rings. The average Bonchev–Trinajstić information content (AvgIpc) is 2.58. The molecule has 0 aromatic rings. The van der Waals surface area contributed by atoms with E-state index in [4.69, 9.17) is 25.8 Å². The molecule has 1 amide bonds. The van der Waals surface area contributed by atoms with Crippen LogP contribution >= 0.6 is 0 Å². The summed E-state index contributed by atoms with van der Waals surface area (Å²) in [6.07, 6.45) is -5.82. The van der Waals surface area contributed by atoms with E-state index in [-0.39, 0.29) is 0 Å². The number of hydrogen-bond acceptors (Lipinski definition) is 10. The lowest BCUT2D eigenvalue weighted by Crippen LogP contribution is -2.66. The molecule has 0 aromatic carbocycles. The SMILES string of the molecule is [2H]C(N=[N+]=[N-])C(=O)N[C@H]1C(O)O[C@H](COC(C)=O)[C@@H](OC(C)=O)[C@@H]1OC(C)=O. The Kier molecular flexibility index (Phi) is 7.79. The van der Waals surface area contributed by atoms with Crippen molar-refractivity contribution in [2.75, 3.05) is 13.1 Å². The highest BCUT2D eigenvalue weighted by atomic mass is 16.7. The van der Waals surface area contributed by atoms with Gasteiger partial charge in [0, 0.05) is 27.1 Å². The summed E-state index contributed by atoms with van der Waals surface area (Å²) in [5, 5.41) is 15.3. The minimum Gasteiger partial charge on any atom is -0.463 e. The number of nitrogens with one attached hydrogen (secondary N) is 1. The standard InChI is InChI=1S/C14H20N4O9/c1-6(19)24-5-9-12(25-7(2)20)13(26-8(3)21)11(14(23)27-9)17-10(22)4-16-18-15/h9,11-14,23H,4-5H2,1-3H3,(H,17,22)/t9-,11-,12-,13-,14?/m1/s1/i4D/t4?,9-,11-,12-,13-,14?. The number of carbonyl (C=O) groups excluding carboxylic acids is 4. The van der Waals surface area contributed by atoms with E-state index in [1.54, 1.807) is 0 Å². The molecular formula is C14H20N4O9. The van der Waals surface area contributed by atoms with Crippen molar-refractivity contribution in [1.82, 2.24) is 5.32 Å². The molecule has 27 heavy (non-hydrogen) atoms. The van der Waals surface area contributed by atoms with Gasteiger partial charge in [0.25, 0.3) is 0 Å². The topological polar surface area (TPSA) is 186 Å². The first-order valence-electron chi connectivity index (χ1n) is 8.22. The molecule has 6 atom stereocenters. The number of carbonyl (C=O) groups is 4. The van der Waals surface area contributed by atoms with Crippen molar-refractivity contribution in [2.45, 2.75) is 51.4 Å². The van der Waals surface area contributed by atoms with Crippen LogP contribution in [0.2, 0.25) is 0 Å². The highest BCUT2D eigenvalue weighted by Crippen LogP contribution is 2.26. The monoisotopic (exact) mass is 389 g/mol. The Hall–Kier alpha value is -2.89. The number of ether oxygens (including phenoxy) is 4. The number of esters is 3. The first kappa shape index (κ1) is 20.4. The van der Waals surface area contributed by atoms with Crippen LogP contribution in [0.15, 0.2) is 5.11 Å². The summed E-state index contributed by atoms with van der Waals surface area (Å²) in [6, 6.07) is -1.48. The number of aliphatic hydroxyl groups is 1. The molecule has 0 aliphatic carbocycles. The maximum absolute atomic E-state index is 12.0. The minimum atomic E-state index is -1.89. The summed E-state index contributed by atoms with van der Waals surface area (Å²) in [5.41, 5.74) is 8.31. The quantitative estimate of drug-likeness (QED) is 0.180. The van der Waals surface area contributed by atoms with Gasteiger partial charge in [-0.2, -0.15) is 0 Å². The van der Waals surface area contributed by atoms with E-state index in [0.717, 1.165) is 20.8 Å². The second-order valence-electron chi connectivity index (χ2n) is 5.38. The van der Waals surface area contributed by atoms with Crippen LogP contribution in [0.1, 0.15) is 22.1 Å². The Labute approximate surface area is 154 Å². The van der Waals surface area contributed by atoms with Gasteiger partial charge in [-0.15, -0.1) is 0 Å². The molecule has 2 unspecified atom stereocenters. The smallest absolute Gasteiger partial charge is 0.303 e.